The number of carboxylic acid groups (broad SMARTS) is 1. The Morgan fingerprint density at radius 1 is 1.00 bits per heavy atom. The van der Waals surface area contributed by atoms with E-state index in [2.05, 4.69) is 33.0 Å². The van der Waals surface area contributed by atoms with Gasteiger partial charge in [0, 0.05) is 29.5 Å². The lowest BCUT2D eigenvalue weighted by molar-refractivity contribution is -0.142. The molecule has 2 N–H and O–H groups in total. The fourth-order valence-corrected chi connectivity index (χ4v) is 7.89. The number of amides is 1. The summed E-state index contributed by atoms with van der Waals surface area (Å²) in [5.41, 5.74) is 0.456. The molecule has 1 amide bonds. The van der Waals surface area contributed by atoms with Crippen molar-refractivity contribution >= 4 is 22.1 Å². The minimum absolute atomic E-state index is 0.0834. The number of fused-ring (bicyclic) bond motifs is 1. The highest BCUT2D eigenvalue weighted by Gasteiger charge is 2.56. The number of carbonyl (C=O) groups is 2. The maximum atomic E-state index is 14.5. The van der Waals surface area contributed by atoms with Crippen molar-refractivity contribution < 1.29 is 32.6 Å². The molecule has 1 aliphatic rings. The van der Waals surface area contributed by atoms with Crippen molar-refractivity contribution in [3.63, 3.8) is 0 Å². The Morgan fingerprint density at radius 3 is 1.98 bits per heavy atom. The van der Waals surface area contributed by atoms with Gasteiger partial charge in [0.05, 0.1) is 4.90 Å². The Balaban J connectivity index is 2.77. The Hall–Kier alpha value is -2.33. The quantitative estimate of drug-likeness (QED) is 0.402. The van der Waals surface area contributed by atoms with Crippen LogP contribution in [0.5, 0.6) is 5.75 Å². The lowest BCUT2D eigenvalue weighted by atomic mass is 9.55. The van der Waals surface area contributed by atoms with Gasteiger partial charge in [0.15, 0.2) is 0 Å². The van der Waals surface area contributed by atoms with Crippen LogP contribution in [0.3, 0.4) is 0 Å². The van der Waals surface area contributed by atoms with E-state index >= 15 is 0 Å². The zero-order chi connectivity index (χ0) is 31.4. The lowest BCUT2D eigenvalue weighted by Crippen LogP contribution is -2.58. The molecule has 0 aliphatic carbocycles. The zero-order valence-electron chi connectivity index (χ0n) is 26.8. The number of sulfonamides is 1. The van der Waals surface area contributed by atoms with E-state index in [1.54, 1.807) is 48.5 Å². The highest BCUT2D eigenvalue weighted by atomic mass is 32.2. The van der Waals surface area contributed by atoms with Crippen molar-refractivity contribution in [3.05, 3.63) is 22.3 Å². The number of ether oxygens (including phenoxy) is 2. The van der Waals surface area contributed by atoms with Gasteiger partial charge in [-0.15, -0.1) is 0 Å². The van der Waals surface area contributed by atoms with Gasteiger partial charge >= 0.3 is 12.1 Å². The Morgan fingerprint density at radius 2 is 1.52 bits per heavy atom. The second-order valence-corrected chi connectivity index (χ2v) is 15.7. The third-order valence-electron chi connectivity index (χ3n) is 9.00. The van der Waals surface area contributed by atoms with Crippen molar-refractivity contribution in [1.29, 1.82) is 0 Å². The number of carboxylic acids is 1. The van der Waals surface area contributed by atoms with Crippen LogP contribution in [0.25, 0.3) is 0 Å². The Kier molecular flexibility index (Phi) is 9.16. The maximum Gasteiger partial charge on any atom is 0.407 e. The number of aliphatic carboxylic acids is 1. The summed E-state index contributed by atoms with van der Waals surface area (Å²) in [6.45, 7) is 26.0. The molecule has 0 aromatic heterocycles. The lowest BCUT2D eigenvalue weighted by Gasteiger charge is -2.57. The van der Waals surface area contributed by atoms with Crippen LogP contribution in [0.2, 0.25) is 0 Å². The highest BCUT2D eigenvalue weighted by molar-refractivity contribution is 7.89. The average molecular weight is 583 g/mol. The molecule has 0 spiro atoms. The summed E-state index contributed by atoms with van der Waals surface area (Å²) in [5.74, 6) is -1.11. The molecule has 1 aliphatic heterocycles. The van der Waals surface area contributed by atoms with Gasteiger partial charge in [-0.1, -0.05) is 41.5 Å². The number of carbonyl (C=O) groups excluding carboxylic acids is 1. The van der Waals surface area contributed by atoms with Crippen LogP contribution in [0, 0.1) is 32.1 Å². The molecule has 0 fully saturated rings. The summed E-state index contributed by atoms with van der Waals surface area (Å²) in [5, 5.41) is 12.7. The maximum absolute atomic E-state index is 14.5. The molecule has 2 rings (SSSR count). The molecule has 1 heterocycles. The molecule has 9 nitrogen and oxygen atoms in total. The third kappa shape index (κ3) is 5.84. The molecule has 1 atom stereocenters. The summed E-state index contributed by atoms with van der Waals surface area (Å²) in [4.78, 5) is 24.8. The first-order valence-electron chi connectivity index (χ1n) is 13.9. The van der Waals surface area contributed by atoms with Crippen molar-refractivity contribution in [1.82, 2.24) is 9.62 Å². The van der Waals surface area contributed by atoms with Crippen LogP contribution in [0.15, 0.2) is 4.90 Å². The van der Waals surface area contributed by atoms with Crippen molar-refractivity contribution in [3.8, 4) is 5.75 Å². The molecule has 0 saturated carbocycles. The van der Waals surface area contributed by atoms with Crippen LogP contribution in [0.1, 0.15) is 98.4 Å². The number of alkyl carbamates (subject to hydrolysis) is 1. The molecule has 228 valence electrons. The molecule has 0 saturated heterocycles. The largest absolute Gasteiger partial charge is 0.487 e. The monoisotopic (exact) mass is 582 g/mol. The standard InChI is InChI=1S/C30H50N2O7S/c1-17(2)22(25(33)34)32(16-15-31-26(35)39-27(6,7)8)40(36,37)24-19(4)18(3)23-21(20(24)5)28(9,10)29(11,12)30(13,14)38-23/h17,22H,15-16H2,1-14H3,(H,31,35)(H,33,34)/t22-/m0/s1. The fraction of sp³-hybridized carbons (Fsp3) is 0.733. The van der Waals surface area contributed by atoms with Crippen molar-refractivity contribution in [2.45, 2.75) is 124 Å². The average Bonchev–Trinajstić information content (AvgIpc) is 2.73. The van der Waals surface area contributed by atoms with Crippen molar-refractivity contribution in [2.24, 2.45) is 11.3 Å². The second-order valence-electron chi connectivity index (χ2n) is 13.8. The van der Waals surface area contributed by atoms with Gasteiger partial charge in [-0.25, -0.2) is 13.2 Å². The van der Waals surface area contributed by atoms with E-state index in [4.69, 9.17) is 9.47 Å². The summed E-state index contributed by atoms with van der Waals surface area (Å²) < 4.78 is 41.9. The van der Waals surface area contributed by atoms with Crippen LogP contribution in [0.4, 0.5) is 4.79 Å². The number of nitrogens with zero attached hydrogens (tertiary/aromatic N) is 1. The van der Waals surface area contributed by atoms with Crippen LogP contribution >= 0.6 is 0 Å². The van der Waals surface area contributed by atoms with Gasteiger partial charge in [-0.05, 0) is 78.0 Å². The highest BCUT2D eigenvalue weighted by Crippen LogP contribution is 2.59. The molecule has 1 aromatic rings. The molecular formula is C30H50N2O7S. The third-order valence-corrected chi connectivity index (χ3v) is 11.2. The number of rotatable bonds is 8. The summed E-state index contributed by atoms with van der Waals surface area (Å²) >= 11 is 0. The van der Waals surface area contributed by atoms with E-state index in [0.717, 1.165) is 9.87 Å². The number of hydrogen-bond acceptors (Lipinski definition) is 6. The number of benzene rings is 1. The molecule has 0 radical (unpaired) electrons. The minimum atomic E-state index is -4.35. The van der Waals surface area contributed by atoms with Crippen LogP contribution in [-0.4, -0.2) is 60.2 Å². The zero-order valence-corrected chi connectivity index (χ0v) is 27.6. The molecule has 1 aromatic carbocycles. The van der Waals surface area contributed by atoms with E-state index in [1.165, 1.54) is 0 Å². The summed E-state index contributed by atoms with van der Waals surface area (Å²) in [7, 11) is -4.35. The predicted molar refractivity (Wildman–Crippen MR) is 157 cm³/mol. The van der Waals surface area contributed by atoms with Crippen LogP contribution in [-0.2, 0) is 25.0 Å². The van der Waals surface area contributed by atoms with Gasteiger partial charge in [-0.3, -0.25) is 4.79 Å². The first-order chi connectivity index (χ1) is 17.8. The smallest absolute Gasteiger partial charge is 0.407 e. The Labute approximate surface area is 241 Å². The van der Waals surface area contributed by atoms with Crippen LogP contribution < -0.4 is 10.1 Å². The first kappa shape index (κ1) is 33.9. The normalized spacial score (nSPS) is 18.6. The topological polar surface area (TPSA) is 122 Å². The van der Waals surface area contributed by atoms with Gasteiger partial charge in [-0.2, -0.15) is 4.31 Å². The van der Waals surface area contributed by atoms with Gasteiger partial charge in [0.1, 0.15) is 23.0 Å². The summed E-state index contributed by atoms with van der Waals surface area (Å²) in [6, 6.07) is -1.35. The molecule has 0 bridgehead atoms. The minimum Gasteiger partial charge on any atom is -0.487 e. The van der Waals surface area contributed by atoms with Crippen molar-refractivity contribution in [2.75, 3.05) is 13.1 Å². The van der Waals surface area contributed by atoms with Gasteiger partial charge < -0.3 is 19.9 Å². The van der Waals surface area contributed by atoms with Gasteiger partial charge in [0.25, 0.3) is 0 Å². The first-order valence-corrected chi connectivity index (χ1v) is 15.3. The number of nitrogens with one attached hydrogen (secondary N) is 1. The Bertz CT molecular complexity index is 1270. The van der Waals surface area contributed by atoms with Gasteiger partial charge in [0.2, 0.25) is 10.0 Å². The SMILES string of the molecule is Cc1c(C)c(S(=O)(=O)N(CCNC(=O)OC(C)(C)C)[C@H](C(=O)O)C(C)C)c(C)c2c1OC(C)(C)C(C)(C)C2(C)C. The predicted octanol–water partition coefficient (Wildman–Crippen LogP) is 5.71. The molecule has 0 unspecified atom stereocenters. The van der Waals surface area contributed by atoms with E-state index in [9.17, 15) is 23.1 Å². The molecule has 40 heavy (non-hydrogen) atoms. The van der Waals surface area contributed by atoms with E-state index in [0.29, 0.717) is 22.4 Å². The molecular weight excluding hydrogens is 532 g/mol. The van der Waals surface area contributed by atoms with E-state index in [1.807, 2.05) is 20.8 Å². The molecule has 10 heteroatoms. The second kappa shape index (κ2) is 10.8. The van der Waals surface area contributed by atoms with E-state index < -0.39 is 50.7 Å². The number of hydrogen-bond donors (Lipinski definition) is 2. The fourth-order valence-electron chi connectivity index (χ4n) is 5.66. The summed E-state index contributed by atoms with van der Waals surface area (Å²) in [6.07, 6.45) is -0.706. The van der Waals surface area contributed by atoms with E-state index in [-0.39, 0.29) is 23.4 Å².